The molecule has 2 rings (SSSR count). The molecule has 0 aliphatic carbocycles. The van der Waals surface area contributed by atoms with E-state index in [1.165, 1.54) is 18.6 Å². The topological polar surface area (TPSA) is 70.5 Å². The van der Waals surface area contributed by atoms with Gasteiger partial charge in [0.1, 0.15) is 11.5 Å². The van der Waals surface area contributed by atoms with Crippen LogP contribution in [-0.4, -0.2) is 39.8 Å². The van der Waals surface area contributed by atoms with Crippen molar-refractivity contribution in [2.45, 2.75) is 19.4 Å². The molecule has 2 heterocycles. The third-order valence-corrected chi connectivity index (χ3v) is 2.46. The number of carbonyl (C=O) groups excluding carboxylic acids is 1. The monoisotopic (exact) mass is 219 g/mol. The number of carbonyl (C=O) groups is 1. The van der Waals surface area contributed by atoms with Crippen LogP contribution in [0.15, 0.2) is 23.7 Å². The molecule has 0 aromatic carbocycles. The van der Waals surface area contributed by atoms with E-state index in [0.29, 0.717) is 17.6 Å². The van der Waals surface area contributed by atoms with E-state index < -0.39 is 0 Å². The Morgan fingerprint density at radius 1 is 1.56 bits per heavy atom. The molecule has 1 amide bonds. The summed E-state index contributed by atoms with van der Waals surface area (Å²) in [6.45, 7) is 2.05. The van der Waals surface area contributed by atoms with Crippen LogP contribution in [0.4, 0.5) is 0 Å². The van der Waals surface area contributed by atoms with E-state index >= 15 is 0 Å². The Balaban J connectivity index is 2.02. The Kier molecular flexibility index (Phi) is 2.80. The van der Waals surface area contributed by atoms with Gasteiger partial charge in [-0.15, -0.1) is 0 Å². The van der Waals surface area contributed by atoms with Crippen LogP contribution >= 0.6 is 0 Å². The van der Waals surface area contributed by atoms with E-state index in [1.54, 1.807) is 0 Å². The predicted octanol–water partition coefficient (Wildman–Crippen LogP) is 0.244. The van der Waals surface area contributed by atoms with Gasteiger partial charge in [0, 0.05) is 25.9 Å². The lowest BCUT2D eigenvalue weighted by molar-refractivity contribution is 0.0971. The van der Waals surface area contributed by atoms with Crippen molar-refractivity contribution in [3.63, 3.8) is 0 Å². The van der Waals surface area contributed by atoms with Crippen LogP contribution in [0.2, 0.25) is 0 Å². The molecule has 0 spiro atoms. The average molecular weight is 219 g/mol. The van der Waals surface area contributed by atoms with Crippen molar-refractivity contribution >= 4 is 11.7 Å². The molecule has 84 valence electrons. The molecule has 0 saturated heterocycles. The largest absolute Gasteiger partial charge is 0.307 e. The molecule has 1 aromatic rings. The van der Waals surface area contributed by atoms with Crippen molar-refractivity contribution in [1.82, 2.24) is 20.3 Å². The number of hydrogen-bond donors (Lipinski definition) is 1. The highest BCUT2D eigenvalue weighted by Crippen LogP contribution is 2.10. The number of rotatable bonds is 1. The zero-order valence-electron chi connectivity index (χ0n) is 9.21. The zero-order chi connectivity index (χ0) is 11.5. The quantitative estimate of drug-likeness (QED) is 0.734. The summed E-state index contributed by atoms with van der Waals surface area (Å²) in [6, 6.07) is 0.317. The highest BCUT2D eigenvalue weighted by Gasteiger charge is 2.21. The fraction of sp³-hybridized carbons (Fsp3) is 0.400. The summed E-state index contributed by atoms with van der Waals surface area (Å²) in [4.78, 5) is 19.5. The van der Waals surface area contributed by atoms with E-state index in [-0.39, 0.29) is 5.91 Å². The highest BCUT2D eigenvalue weighted by molar-refractivity contribution is 6.05. The van der Waals surface area contributed by atoms with Gasteiger partial charge in [0.25, 0.3) is 5.91 Å². The smallest absolute Gasteiger partial charge is 0.276 e. The molecule has 6 nitrogen and oxygen atoms in total. The van der Waals surface area contributed by atoms with Crippen LogP contribution in [0.3, 0.4) is 0 Å². The SMILES string of the molecule is CC1CC(NC(=O)c2cnccn2)=NN1C. The highest BCUT2D eigenvalue weighted by atomic mass is 16.2. The minimum Gasteiger partial charge on any atom is -0.307 e. The van der Waals surface area contributed by atoms with Gasteiger partial charge in [-0.05, 0) is 6.92 Å². The third kappa shape index (κ3) is 2.16. The fourth-order valence-electron chi connectivity index (χ4n) is 1.43. The standard InChI is InChI=1S/C10H13N5O/c1-7-5-9(14-15(7)2)13-10(16)8-6-11-3-4-12-8/h3-4,6-7H,5H2,1-2H3,(H,13,14,16). The maximum absolute atomic E-state index is 11.7. The maximum atomic E-state index is 11.7. The third-order valence-electron chi connectivity index (χ3n) is 2.46. The lowest BCUT2D eigenvalue weighted by atomic mass is 10.2. The van der Waals surface area contributed by atoms with Gasteiger partial charge in [0.05, 0.1) is 12.2 Å². The van der Waals surface area contributed by atoms with Crippen molar-refractivity contribution < 1.29 is 4.79 Å². The number of aromatic nitrogens is 2. The van der Waals surface area contributed by atoms with Gasteiger partial charge in [0.2, 0.25) is 0 Å². The maximum Gasteiger partial charge on any atom is 0.276 e. The first-order chi connectivity index (χ1) is 7.66. The predicted molar refractivity (Wildman–Crippen MR) is 58.8 cm³/mol. The minimum absolute atomic E-state index is 0.269. The second-order valence-electron chi connectivity index (χ2n) is 3.72. The molecule has 1 N–H and O–H groups in total. The number of amides is 1. The summed E-state index contributed by atoms with van der Waals surface area (Å²) in [5.41, 5.74) is 0.299. The summed E-state index contributed by atoms with van der Waals surface area (Å²) in [7, 11) is 1.88. The fourth-order valence-corrected chi connectivity index (χ4v) is 1.43. The van der Waals surface area contributed by atoms with Crippen LogP contribution in [0.25, 0.3) is 0 Å². The van der Waals surface area contributed by atoms with E-state index in [1.807, 2.05) is 19.0 Å². The number of hydrazone groups is 1. The average Bonchev–Trinajstić information content (AvgIpc) is 2.59. The molecule has 1 aliphatic rings. The van der Waals surface area contributed by atoms with E-state index in [2.05, 4.69) is 20.4 Å². The molecular formula is C10H13N5O. The first kappa shape index (κ1) is 10.5. The minimum atomic E-state index is -0.269. The van der Waals surface area contributed by atoms with Crippen LogP contribution in [0.5, 0.6) is 0 Å². The van der Waals surface area contributed by atoms with E-state index in [0.717, 1.165) is 6.42 Å². The van der Waals surface area contributed by atoms with Crippen molar-refractivity contribution in [3.8, 4) is 0 Å². The van der Waals surface area contributed by atoms with Crippen molar-refractivity contribution in [2.75, 3.05) is 7.05 Å². The van der Waals surface area contributed by atoms with E-state index in [4.69, 9.17) is 0 Å². The molecule has 16 heavy (non-hydrogen) atoms. The summed E-state index contributed by atoms with van der Waals surface area (Å²) in [6.07, 6.45) is 5.18. The molecule has 1 aliphatic heterocycles. The number of nitrogens with zero attached hydrogens (tertiary/aromatic N) is 4. The summed E-state index contributed by atoms with van der Waals surface area (Å²) < 4.78 is 0. The lowest BCUT2D eigenvalue weighted by Gasteiger charge is -2.11. The summed E-state index contributed by atoms with van der Waals surface area (Å²) in [5.74, 6) is 0.403. The molecule has 1 atom stereocenters. The van der Waals surface area contributed by atoms with E-state index in [9.17, 15) is 4.79 Å². The lowest BCUT2D eigenvalue weighted by Crippen LogP contribution is -2.30. The summed E-state index contributed by atoms with van der Waals surface area (Å²) in [5, 5.41) is 8.75. The van der Waals surface area contributed by atoms with Crippen molar-refractivity contribution in [1.29, 1.82) is 0 Å². The van der Waals surface area contributed by atoms with Gasteiger partial charge in [0.15, 0.2) is 0 Å². The Labute approximate surface area is 93.4 Å². The second-order valence-corrected chi connectivity index (χ2v) is 3.72. The van der Waals surface area contributed by atoms with Crippen LogP contribution in [0, 0.1) is 0 Å². The molecule has 1 aromatic heterocycles. The van der Waals surface area contributed by atoms with Crippen LogP contribution in [-0.2, 0) is 0 Å². The second kappa shape index (κ2) is 4.26. The van der Waals surface area contributed by atoms with Gasteiger partial charge in [-0.2, -0.15) is 5.10 Å². The Hall–Kier alpha value is -1.98. The molecule has 0 radical (unpaired) electrons. The summed E-state index contributed by atoms with van der Waals surface area (Å²) >= 11 is 0. The molecule has 1 unspecified atom stereocenters. The Morgan fingerprint density at radius 3 is 2.94 bits per heavy atom. The van der Waals surface area contributed by atoms with Crippen LogP contribution < -0.4 is 5.32 Å². The zero-order valence-corrected chi connectivity index (χ0v) is 9.21. The Bertz CT molecular complexity index is 416. The molecule has 0 bridgehead atoms. The first-order valence-electron chi connectivity index (χ1n) is 5.04. The molecule has 6 heteroatoms. The number of hydrogen-bond acceptors (Lipinski definition) is 5. The van der Waals surface area contributed by atoms with Gasteiger partial charge < -0.3 is 5.32 Å². The van der Waals surface area contributed by atoms with Gasteiger partial charge >= 0.3 is 0 Å². The van der Waals surface area contributed by atoms with Gasteiger partial charge in [-0.1, -0.05) is 0 Å². The number of amidine groups is 1. The molecule has 0 fully saturated rings. The normalized spacial score (nSPS) is 19.5. The van der Waals surface area contributed by atoms with Crippen molar-refractivity contribution in [2.24, 2.45) is 5.10 Å². The van der Waals surface area contributed by atoms with Crippen LogP contribution in [0.1, 0.15) is 23.8 Å². The van der Waals surface area contributed by atoms with Gasteiger partial charge in [-0.3, -0.25) is 14.8 Å². The number of nitrogens with one attached hydrogen (secondary N) is 1. The molecule has 0 saturated carbocycles. The van der Waals surface area contributed by atoms with Crippen molar-refractivity contribution in [3.05, 3.63) is 24.3 Å². The van der Waals surface area contributed by atoms with Gasteiger partial charge in [-0.25, -0.2) is 4.98 Å². The molecular weight excluding hydrogens is 206 g/mol. The Morgan fingerprint density at radius 2 is 2.38 bits per heavy atom. The first-order valence-corrected chi connectivity index (χ1v) is 5.04.